The van der Waals surface area contributed by atoms with Crippen LogP contribution in [-0.4, -0.2) is 17.1 Å². The highest BCUT2D eigenvalue weighted by molar-refractivity contribution is 5.94. The third-order valence-corrected chi connectivity index (χ3v) is 2.43. The highest BCUT2D eigenvalue weighted by Crippen LogP contribution is 2.34. The number of rotatable bonds is 4. The molecule has 7 heteroatoms. The molecule has 0 unspecified atom stereocenters. The number of benzene rings is 1. The van der Waals surface area contributed by atoms with Crippen molar-refractivity contribution in [2.75, 3.05) is 0 Å². The Morgan fingerprint density at radius 3 is 2.43 bits per heavy atom. The van der Waals surface area contributed by atoms with Crippen molar-refractivity contribution in [3.8, 4) is 17.4 Å². The van der Waals surface area contributed by atoms with E-state index in [0.29, 0.717) is 5.56 Å². The van der Waals surface area contributed by atoms with Crippen LogP contribution in [0.2, 0.25) is 0 Å². The van der Waals surface area contributed by atoms with Crippen LogP contribution in [-0.2, 0) is 0 Å². The normalized spacial score (nSPS) is 11.0. The van der Waals surface area contributed by atoms with Gasteiger partial charge in [0.15, 0.2) is 17.3 Å². The molecular formula is C14H10F3NO3. The molecule has 0 radical (unpaired) electrons. The lowest BCUT2D eigenvalue weighted by Crippen LogP contribution is -2.17. The third-order valence-electron chi connectivity index (χ3n) is 2.43. The summed E-state index contributed by atoms with van der Waals surface area (Å²) in [6, 6.07) is 8.13. The minimum Gasteiger partial charge on any atom is -0.435 e. The first-order chi connectivity index (χ1) is 9.85. The molecule has 0 bridgehead atoms. The van der Waals surface area contributed by atoms with Gasteiger partial charge in [0.25, 0.3) is 0 Å². The summed E-state index contributed by atoms with van der Waals surface area (Å²) >= 11 is 0. The number of carbonyl (C=O) groups is 1. The molecule has 2 aromatic rings. The number of nitrogens with zero attached hydrogens (tertiary/aromatic N) is 1. The molecule has 1 heterocycles. The zero-order chi connectivity index (χ0) is 15.5. The Morgan fingerprint density at radius 1 is 1.14 bits per heavy atom. The van der Waals surface area contributed by atoms with Crippen molar-refractivity contribution in [3.05, 3.63) is 48.2 Å². The van der Waals surface area contributed by atoms with Gasteiger partial charge in [-0.05, 0) is 25.1 Å². The van der Waals surface area contributed by atoms with Crippen LogP contribution < -0.4 is 9.47 Å². The van der Waals surface area contributed by atoms with E-state index in [1.54, 1.807) is 0 Å². The maximum Gasteiger partial charge on any atom is 0.573 e. The summed E-state index contributed by atoms with van der Waals surface area (Å²) in [7, 11) is 0. The summed E-state index contributed by atoms with van der Waals surface area (Å²) in [5, 5.41) is 0. The number of hydrogen-bond acceptors (Lipinski definition) is 4. The summed E-state index contributed by atoms with van der Waals surface area (Å²) in [5.41, 5.74) is 0.342. The molecule has 0 N–H and O–H groups in total. The maximum absolute atomic E-state index is 12.3. The van der Waals surface area contributed by atoms with E-state index in [9.17, 15) is 18.0 Å². The average molecular weight is 297 g/mol. The Balaban J connectivity index is 2.27. The molecule has 0 aliphatic carbocycles. The smallest absolute Gasteiger partial charge is 0.435 e. The number of alkyl halides is 3. The van der Waals surface area contributed by atoms with Gasteiger partial charge in [0.2, 0.25) is 5.88 Å². The Labute approximate surface area is 118 Å². The van der Waals surface area contributed by atoms with Crippen molar-refractivity contribution in [1.29, 1.82) is 0 Å². The van der Waals surface area contributed by atoms with Gasteiger partial charge in [0.1, 0.15) is 0 Å². The monoisotopic (exact) mass is 297 g/mol. The summed E-state index contributed by atoms with van der Waals surface area (Å²) in [6.07, 6.45) is -3.49. The predicted molar refractivity (Wildman–Crippen MR) is 67.4 cm³/mol. The highest BCUT2D eigenvalue weighted by atomic mass is 19.4. The van der Waals surface area contributed by atoms with E-state index >= 15 is 0 Å². The summed E-state index contributed by atoms with van der Waals surface area (Å²) in [5.74, 6) is -0.842. The number of Topliss-reactive ketones (excluding diaryl/α,β-unsaturated/α-hetero) is 1. The fourth-order valence-electron chi connectivity index (χ4n) is 1.54. The molecule has 1 aromatic carbocycles. The van der Waals surface area contributed by atoms with E-state index in [1.165, 1.54) is 43.5 Å². The van der Waals surface area contributed by atoms with Gasteiger partial charge in [-0.2, -0.15) is 0 Å². The van der Waals surface area contributed by atoms with Crippen LogP contribution >= 0.6 is 0 Å². The molecule has 0 spiro atoms. The number of ether oxygens (including phenoxy) is 2. The maximum atomic E-state index is 12.3. The van der Waals surface area contributed by atoms with Gasteiger partial charge in [-0.3, -0.25) is 4.79 Å². The predicted octanol–water partition coefficient (Wildman–Crippen LogP) is 3.98. The standard InChI is InChI=1S/C14H10F3NO3/c1-9(19)10-6-7-18-13(8-10)20-11-4-2-3-5-12(11)21-14(15,16)17/h2-8H,1H3. The summed E-state index contributed by atoms with van der Waals surface area (Å²) in [6.45, 7) is 1.36. The molecular weight excluding hydrogens is 287 g/mol. The van der Waals surface area contributed by atoms with Crippen molar-refractivity contribution < 1.29 is 27.4 Å². The van der Waals surface area contributed by atoms with Gasteiger partial charge < -0.3 is 9.47 Å². The van der Waals surface area contributed by atoms with E-state index in [4.69, 9.17) is 4.74 Å². The van der Waals surface area contributed by atoms with Crippen molar-refractivity contribution in [2.45, 2.75) is 13.3 Å². The number of aromatic nitrogens is 1. The van der Waals surface area contributed by atoms with Crippen LogP contribution in [0.1, 0.15) is 17.3 Å². The van der Waals surface area contributed by atoms with Gasteiger partial charge in [-0.15, -0.1) is 13.2 Å². The minimum absolute atomic E-state index is 0.000856. The molecule has 2 rings (SSSR count). The minimum atomic E-state index is -4.83. The van der Waals surface area contributed by atoms with Crippen LogP contribution in [0.25, 0.3) is 0 Å². The second-order valence-corrected chi connectivity index (χ2v) is 4.04. The molecule has 0 fully saturated rings. The van der Waals surface area contributed by atoms with Gasteiger partial charge >= 0.3 is 6.36 Å². The number of pyridine rings is 1. The van der Waals surface area contributed by atoms with E-state index in [2.05, 4.69) is 9.72 Å². The van der Waals surface area contributed by atoms with Crippen LogP contribution in [0, 0.1) is 0 Å². The Hall–Kier alpha value is -2.57. The van der Waals surface area contributed by atoms with E-state index in [0.717, 1.165) is 6.07 Å². The molecule has 0 atom stereocenters. The Bertz CT molecular complexity index is 656. The van der Waals surface area contributed by atoms with Gasteiger partial charge in [-0.25, -0.2) is 4.98 Å². The number of carbonyl (C=O) groups excluding carboxylic acids is 1. The second kappa shape index (κ2) is 5.82. The number of halogens is 3. The topological polar surface area (TPSA) is 48.4 Å². The molecule has 0 amide bonds. The quantitative estimate of drug-likeness (QED) is 0.801. The molecule has 110 valence electrons. The van der Waals surface area contributed by atoms with Crippen LogP contribution in [0.3, 0.4) is 0 Å². The second-order valence-electron chi connectivity index (χ2n) is 4.04. The molecule has 4 nitrogen and oxygen atoms in total. The zero-order valence-corrected chi connectivity index (χ0v) is 10.8. The van der Waals surface area contributed by atoms with Crippen molar-refractivity contribution in [3.63, 3.8) is 0 Å². The average Bonchev–Trinajstić information content (AvgIpc) is 2.40. The van der Waals surface area contributed by atoms with Gasteiger partial charge in [0, 0.05) is 17.8 Å². The van der Waals surface area contributed by atoms with Crippen molar-refractivity contribution in [1.82, 2.24) is 4.98 Å². The fourth-order valence-corrected chi connectivity index (χ4v) is 1.54. The lowest BCUT2D eigenvalue weighted by atomic mass is 10.2. The first-order valence-electron chi connectivity index (χ1n) is 5.85. The van der Waals surface area contributed by atoms with Crippen LogP contribution in [0.5, 0.6) is 17.4 Å². The van der Waals surface area contributed by atoms with Crippen LogP contribution in [0.15, 0.2) is 42.6 Å². The summed E-state index contributed by atoms with van der Waals surface area (Å²) < 4.78 is 46.0. The number of hydrogen-bond donors (Lipinski definition) is 0. The molecule has 0 saturated heterocycles. The highest BCUT2D eigenvalue weighted by Gasteiger charge is 2.32. The van der Waals surface area contributed by atoms with E-state index in [-0.39, 0.29) is 17.4 Å². The largest absolute Gasteiger partial charge is 0.573 e. The van der Waals surface area contributed by atoms with Crippen molar-refractivity contribution >= 4 is 5.78 Å². The number of para-hydroxylation sites is 2. The first kappa shape index (κ1) is 14.8. The Kier molecular flexibility index (Phi) is 4.11. The van der Waals surface area contributed by atoms with Gasteiger partial charge in [-0.1, -0.05) is 12.1 Å². The van der Waals surface area contributed by atoms with E-state index in [1.807, 2.05) is 0 Å². The lowest BCUT2D eigenvalue weighted by molar-refractivity contribution is -0.275. The molecule has 0 saturated carbocycles. The molecule has 0 aliphatic rings. The third kappa shape index (κ3) is 4.20. The zero-order valence-electron chi connectivity index (χ0n) is 10.8. The SMILES string of the molecule is CC(=O)c1ccnc(Oc2ccccc2OC(F)(F)F)c1. The molecule has 1 aromatic heterocycles. The fraction of sp³-hybridized carbons (Fsp3) is 0.143. The number of ketones is 1. The lowest BCUT2D eigenvalue weighted by Gasteiger charge is -2.13. The summed E-state index contributed by atoms with van der Waals surface area (Å²) in [4.78, 5) is 15.1. The van der Waals surface area contributed by atoms with Crippen LogP contribution in [0.4, 0.5) is 13.2 Å². The first-order valence-corrected chi connectivity index (χ1v) is 5.85. The molecule has 0 aliphatic heterocycles. The van der Waals surface area contributed by atoms with Gasteiger partial charge in [0.05, 0.1) is 0 Å². The van der Waals surface area contributed by atoms with E-state index < -0.39 is 12.1 Å². The Morgan fingerprint density at radius 2 is 1.81 bits per heavy atom. The van der Waals surface area contributed by atoms with Crippen molar-refractivity contribution in [2.24, 2.45) is 0 Å². The molecule has 21 heavy (non-hydrogen) atoms.